The molecule has 0 N–H and O–H groups in total. The molecule has 2 heteroatoms. The molecule has 1 aromatic carbocycles. The number of likely N-dealkylation sites (tertiary alicyclic amines) is 1. The minimum atomic E-state index is -1.42. The van der Waals surface area contributed by atoms with Crippen LogP contribution in [0.4, 0.5) is 0 Å². The van der Waals surface area contributed by atoms with Gasteiger partial charge in [0.05, 0.1) is 5.54 Å². The van der Waals surface area contributed by atoms with Gasteiger partial charge in [-0.2, -0.15) is 0 Å². The molecule has 1 aliphatic rings. The van der Waals surface area contributed by atoms with E-state index in [-0.39, 0.29) is 5.54 Å². The van der Waals surface area contributed by atoms with E-state index in [1.54, 1.807) is 0 Å². The van der Waals surface area contributed by atoms with Gasteiger partial charge in [0.2, 0.25) is 0 Å². The standard InChI is InChI=1S/C22H33NSi/c1-6-13-21(20-14-9-8-10-15-20)22(7-2,16-19-24(3,4)5)23-17-11-12-18-23/h6,8-10,14-15,21H,1,7,11-13,17-18H2,2-5H3. The molecule has 1 saturated heterocycles. The maximum absolute atomic E-state index is 4.05. The lowest BCUT2D eigenvalue weighted by Gasteiger charge is -2.44. The first-order valence-corrected chi connectivity index (χ1v) is 12.9. The number of rotatable bonds is 6. The minimum absolute atomic E-state index is 0.0632. The van der Waals surface area contributed by atoms with Crippen molar-refractivity contribution in [1.29, 1.82) is 0 Å². The van der Waals surface area contributed by atoms with E-state index in [2.05, 4.69) is 85.9 Å². The smallest absolute Gasteiger partial charge is 0.129 e. The summed E-state index contributed by atoms with van der Waals surface area (Å²) in [5.41, 5.74) is 5.05. The van der Waals surface area contributed by atoms with Gasteiger partial charge in [0.25, 0.3) is 0 Å². The predicted molar refractivity (Wildman–Crippen MR) is 109 cm³/mol. The zero-order valence-corrected chi connectivity index (χ0v) is 16.9. The summed E-state index contributed by atoms with van der Waals surface area (Å²) in [6.07, 6.45) is 6.72. The lowest BCUT2D eigenvalue weighted by atomic mass is 9.74. The third kappa shape index (κ3) is 4.40. The van der Waals surface area contributed by atoms with Gasteiger partial charge in [0.15, 0.2) is 0 Å². The largest absolute Gasteiger partial charge is 0.287 e. The summed E-state index contributed by atoms with van der Waals surface area (Å²) in [4.78, 5) is 2.67. The predicted octanol–water partition coefficient (Wildman–Crippen LogP) is 5.47. The van der Waals surface area contributed by atoms with Crippen LogP contribution in [0.15, 0.2) is 43.0 Å². The Labute approximate surface area is 150 Å². The molecule has 1 heterocycles. The van der Waals surface area contributed by atoms with Gasteiger partial charge >= 0.3 is 0 Å². The van der Waals surface area contributed by atoms with E-state index in [0.29, 0.717) is 5.92 Å². The van der Waals surface area contributed by atoms with Crippen LogP contribution in [0.2, 0.25) is 19.6 Å². The minimum Gasteiger partial charge on any atom is -0.287 e. The molecule has 0 spiro atoms. The van der Waals surface area contributed by atoms with E-state index < -0.39 is 8.07 Å². The van der Waals surface area contributed by atoms with Crippen LogP contribution >= 0.6 is 0 Å². The second-order valence-electron chi connectivity index (χ2n) is 7.96. The lowest BCUT2D eigenvalue weighted by Crippen LogP contribution is -2.50. The maximum Gasteiger partial charge on any atom is 0.129 e. The molecule has 2 unspecified atom stereocenters. The average molecular weight is 340 g/mol. The first-order chi connectivity index (χ1) is 11.4. The third-order valence-electron chi connectivity index (χ3n) is 5.04. The van der Waals surface area contributed by atoms with E-state index in [0.717, 1.165) is 12.8 Å². The van der Waals surface area contributed by atoms with Gasteiger partial charge in [-0.25, -0.2) is 0 Å². The molecule has 1 aliphatic heterocycles. The highest BCUT2D eigenvalue weighted by Crippen LogP contribution is 2.40. The molecule has 2 atom stereocenters. The fourth-order valence-electron chi connectivity index (χ4n) is 3.82. The summed E-state index contributed by atoms with van der Waals surface area (Å²) in [6.45, 7) is 15.7. The first-order valence-electron chi connectivity index (χ1n) is 9.38. The summed E-state index contributed by atoms with van der Waals surface area (Å²) in [6, 6.07) is 10.9. The zero-order valence-electron chi connectivity index (χ0n) is 15.9. The van der Waals surface area contributed by atoms with Crippen LogP contribution in [0.25, 0.3) is 0 Å². The quantitative estimate of drug-likeness (QED) is 0.377. The molecule has 0 radical (unpaired) electrons. The summed E-state index contributed by atoms with van der Waals surface area (Å²) < 4.78 is 0. The van der Waals surface area contributed by atoms with Crippen molar-refractivity contribution in [2.45, 2.75) is 63.7 Å². The molecule has 0 saturated carbocycles. The molecule has 1 aromatic rings. The van der Waals surface area contributed by atoms with Crippen molar-refractivity contribution in [2.75, 3.05) is 13.1 Å². The number of nitrogens with zero attached hydrogens (tertiary/aromatic N) is 1. The Kier molecular flexibility index (Phi) is 6.49. The molecule has 0 bridgehead atoms. The van der Waals surface area contributed by atoms with E-state index >= 15 is 0 Å². The van der Waals surface area contributed by atoms with Crippen molar-refractivity contribution in [2.24, 2.45) is 0 Å². The molecule has 130 valence electrons. The highest BCUT2D eigenvalue weighted by molar-refractivity contribution is 6.83. The molecule has 24 heavy (non-hydrogen) atoms. The van der Waals surface area contributed by atoms with Crippen LogP contribution < -0.4 is 0 Å². The molecule has 2 rings (SSSR count). The van der Waals surface area contributed by atoms with Crippen LogP contribution in [-0.4, -0.2) is 31.6 Å². The highest BCUT2D eigenvalue weighted by atomic mass is 28.3. The third-order valence-corrected chi connectivity index (χ3v) is 5.92. The van der Waals surface area contributed by atoms with Gasteiger partial charge in [-0.1, -0.05) is 68.9 Å². The van der Waals surface area contributed by atoms with Crippen molar-refractivity contribution in [3.05, 3.63) is 48.6 Å². The highest BCUT2D eigenvalue weighted by Gasteiger charge is 2.42. The first kappa shape index (κ1) is 19.0. The summed E-state index contributed by atoms with van der Waals surface area (Å²) in [5.74, 6) is 4.23. The van der Waals surface area contributed by atoms with E-state index in [4.69, 9.17) is 0 Å². The van der Waals surface area contributed by atoms with Crippen molar-refractivity contribution in [3.63, 3.8) is 0 Å². The fourth-order valence-corrected chi connectivity index (χ4v) is 4.41. The maximum atomic E-state index is 4.05. The van der Waals surface area contributed by atoms with E-state index in [1.807, 2.05) is 0 Å². The lowest BCUT2D eigenvalue weighted by molar-refractivity contribution is 0.137. The fraction of sp³-hybridized carbons (Fsp3) is 0.545. The van der Waals surface area contributed by atoms with Gasteiger partial charge in [-0.15, -0.1) is 12.1 Å². The van der Waals surface area contributed by atoms with Crippen molar-refractivity contribution in [1.82, 2.24) is 4.90 Å². The van der Waals surface area contributed by atoms with Crippen LogP contribution in [0, 0.1) is 11.5 Å². The molecule has 0 amide bonds. The zero-order chi connectivity index (χ0) is 17.6. The average Bonchev–Trinajstić information content (AvgIpc) is 3.09. The van der Waals surface area contributed by atoms with Crippen LogP contribution in [0.5, 0.6) is 0 Å². The number of hydrogen-bond acceptors (Lipinski definition) is 1. The second kappa shape index (κ2) is 8.19. The van der Waals surface area contributed by atoms with E-state index in [1.165, 1.54) is 31.5 Å². The molecular weight excluding hydrogens is 306 g/mol. The Bertz CT molecular complexity index is 584. The van der Waals surface area contributed by atoms with Gasteiger partial charge in [-0.05, 0) is 44.3 Å². The van der Waals surface area contributed by atoms with Gasteiger partial charge < -0.3 is 0 Å². The van der Waals surface area contributed by atoms with Crippen LogP contribution in [0.1, 0.15) is 44.1 Å². The van der Waals surface area contributed by atoms with Gasteiger partial charge in [0, 0.05) is 5.92 Å². The normalized spacial score (nSPS) is 19.2. The monoisotopic (exact) mass is 339 g/mol. The van der Waals surface area contributed by atoms with Crippen molar-refractivity contribution < 1.29 is 0 Å². The Hall–Kier alpha value is -1.30. The van der Waals surface area contributed by atoms with Crippen LogP contribution in [-0.2, 0) is 0 Å². The molecule has 0 aromatic heterocycles. The Balaban J connectivity index is 2.55. The topological polar surface area (TPSA) is 3.24 Å². The number of allylic oxidation sites excluding steroid dienone is 1. The van der Waals surface area contributed by atoms with Crippen molar-refractivity contribution in [3.8, 4) is 11.5 Å². The molecular formula is C22H33NSi. The van der Waals surface area contributed by atoms with Gasteiger partial charge in [-0.3, -0.25) is 4.90 Å². The molecule has 1 nitrogen and oxygen atoms in total. The van der Waals surface area contributed by atoms with Crippen molar-refractivity contribution >= 4 is 8.07 Å². The van der Waals surface area contributed by atoms with Crippen LogP contribution in [0.3, 0.4) is 0 Å². The summed E-state index contributed by atoms with van der Waals surface area (Å²) in [7, 11) is -1.42. The second-order valence-corrected chi connectivity index (χ2v) is 12.7. The number of hydrogen-bond donors (Lipinski definition) is 0. The summed E-state index contributed by atoms with van der Waals surface area (Å²) in [5, 5.41) is 0. The summed E-state index contributed by atoms with van der Waals surface area (Å²) >= 11 is 0. The van der Waals surface area contributed by atoms with Gasteiger partial charge in [0.1, 0.15) is 8.07 Å². The molecule has 0 aliphatic carbocycles. The molecule has 1 fully saturated rings. The Morgan fingerprint density at radius 3 is 2.33 bits per heavy atom. The van der Waals surface area contributed by atoms with E-state index in [9.17, 15) is 0 Å². The SMILES string of the molecule is C=CCC(c1ccccc1)C(C#C[Si](C)(C)C)(CC)N1CCCC1. The Morgan fingerprint density at radius 2 is 1.83 bits per heavy atom. The number of benzene rings is 1. The Morgan fingerprint density at radius 1 is 1.21 bits per heavy atom.